The summed E-state index contributed by atoms with van der Waals surface area (Å²) < 4.78 is 10.6. The van der Waals surface area contributed by atoms with Gasteiger partial charge in [-0.2, -0.15) is 0 Å². The molecule has 9 heteroatoms. The molecule has 0 unspecified atom stereocenters. The number of imide groups is 1. The van der Waals surface area contributed by atoms with Crippen molar-refractivity contribution in [2.24, 2.45) is 0 Å². The third kappa shape index (κ3) is 3.70. The minimum Gasteiger partial charge on any atom is -0.497 e. The van der Waals surface area contributed by atoms with Crippen LogP contribution < -0.4 is 15.0 Å². The van der Waals surface area contributed by atoms with Gasteiger partial charge in [0, 0.05) is 24.0 Å². The molecule has 146 valence electrons. The number of hydrogen-bond acceptors (Lipinski definition) is 7. The van der Waals surface area contributed by atoms with Gasteiger partial charge in [-0.05, 0) is 48.5 Å². The lowest BCUT2D eigenvalue weighted by Gasteiger charge is -2.13. The van der Waals surface area contributed by atoms with E-state index in [0.717, 1.165) is 4.90 Å². The summed E-state index contributed by atoms with van der Waals surface area (Å²) in [4.78, 5) is 37.1. The number of aromatic nitrogens is 2. The molecule has 3 aromatic rings. The normalized spacial score (nSPS) is 13.6. The Morgan fingerprint density at radius 2 is 1.66 bits per heavy atom. The van der Waals surface area contributed by atoms with Gasteiger partial charge >= 0.3 is 6.01 Å². The van der Waals surface area contributed by atoms with E-state index in [2.05, 4.69) is 15.5 Å². The highest BCUT2D eigenvalue weighted by molar-refractivity contribution is 6.20. The molecular formula is C20H16N4O5. The maximum absolute atomic E-state index is 12.4. The van der Waals surface area contributed by atoms with E-state index in [-0.39, 0.29) is 36.6 Å². The Kier molecular flexibility index (Phi) is 4.78. The van der Waals surface area contributed by atoms with Crippen LogP contribution in [0.1, 0.15) is 23.2 Å². The van der Waals surface area contributed by atoms with E-state index >= 15 is 0 Å². The van der Waals surface area contributed by atoms with Gasteiger partial charge in [-0.1, -0.05) is 5.10 Å². The number of methoxy groups -OCH3 is 1. The Labute approximate surface area is 165 Å². The summed E-state index contributed by atoms with van der Waals surface area (Å²) >= 11 is 0. The van der Waals surface area contributed by atoms with Crippen LogP contribution in [-0.4, -0.2) is 35.0 Å². The van der Waals surface area contributed by atoms with Crippen molar-refractivity contribution in [1.29, 1.82) is 0 Å². The van der Waals surface area contributed by atoms with E-state index in [9.17, 15) is 14.4 Å². The van der Waals surface area contributed by atoms with Crippen LogP contribution in [0.2, 0.25) is 0 Å². The molecule has 3 amide bonds. The fourth-order valence-corrected chi connectivity index (χ4v) is 2.92. The lowest BCUT2D eigenvalue weighted by Crippen LogP contribution is -2.28. The van der Waals surface area contributed by atoms with Crippen LogP contribution in [-0.2, 0) is 9.59 Å². The summed E-state index contributed by atoms with van der Waals surface area (Å²) in [7, 11) is 1.57. The molecule has 1 aromatic heterocycles. The second-order valence-electron chi connectivity index (χ2n) is 6.26. The topological polar surface area (TPSA) is 115 Å². The third-order valence-corrected chi connectivity index (χ3v) is 4.42. The highest BCUT2D eigenvalue weighted by atomic mass is 16.5. The maximum Gasteiger partial charge on any atom is 0.322 e. The molecule has 1 fully saturated rings. The molecule has 2 heterocycles. The highest BCUT2D eigenvalue weighted by Crippen LogP contribution is 2.24. The zero-order valence-electron chi connectivity index (χ0n) is 15.4. The second kappa shape index (κ2) is 7.55. The van der Waals surface area contributed by atoms with E-state index in [1.807, 2.05) is 0 Å². The Hall–Kier alpha value is -4.01. The Balaban J connectivity index is 1.45. The van der Waals surface area contributed by atoms with Crippen molar-refractivity contribution in [1.82, 2.24) is 10.2 Å². The first-order valence-corrected chi connectivity index (χ1v) is 8.80. The average Bonchev–Trinajstić information content (AvgIpc) is 3.34. The molecular weight excluding hydrogens is 376 g/mol. The first kappa shape index (κ1) is 18.4. The molecule has 0 aliphatic carbocycles. The van der Waals surface area contributed by atoms with Crippen molar-refractivity contribution in [3.63, 3.8) is 0 Å². The van der Waals surface area contributed by atoms with Gasteiger partial charge in [0.05, 0.1) is 12.8 Å². The van der Waals surface area contributed by atoms with Crippen molar-refractivity contribution in [2.75, 3.05) is 17.3 Å². The van der Waals surface area contributed by atoms with Crippen molar-refractivity contribution >= 4 is 29.4 Å². The van der Waals surface area contributed by atoms with Gasteiger partial charge in [0.25, 0.3) is 5.91 Å². The first-order valence-electron chi connectivity index (χ1n) is 8.80. The summed E-state index contributed by atoms with van der Waals surface area (Å²) in [6.07, 6.45) is 0.406. The highest BCUT2D eigenvalue weighted by Gasteiger charge is 2.30. The quantitative estimate of drug-likeness (QED) is 0.664. The summed E-state index contributed by atoms with van der Waals surface area (Å²) in [6, 6.07) is 13.1. The van der Waals surface area contributed by atoms with Crippen LogP contribution in [0.4, 0.5) is 11.7 Å². The number of carbonyl (C=O) groups is 3. The summed E-state index contributed by atoms with van der Waals surface area (Å²) in [5.41, 5.74) is 1.44. The molecule has 1 aliphatic rings. The lowest BCUT2D eigenvalue weighted by atomic mass is 10.2. The maximum atomic E-state index is 12.4. The van der Waals surface area contributed by atoms with E-state index < -0.39 is 5.91 Å². The number of nitrogens with zero attached hydrogens (tertiary/aromatic N) is 3. The van der Waals surface area contributed by atoms with Crippen LogP contribution in [0.5, 0.6) is 5.75 Å². The SMILES string of the molecule is COc1ccc(-c2nnc(NC(=O)c3ccc(N4C(=O)CCC4=O)cc3)o2)cc1. The summed E-state index contributed by atoms with van der Waals surface area (Å²) in [5.74, 6) is 0.000676. The van der Waals surface area contributed by atoms with E-state index in [1.165, 1.54) is 12.1 Å². The minimum atomic E-state index is -0.458. The molecule has 4 rings (SSSR count). The number of hydrogen-bond donors (Lipinski definition) is 1. The van der Waals surface area contributed by atoms with Gasteiger partial charge in [-0.25, -0.2) is 0 Å². The van der Waals surface area contributed by atoms with E-state index in [0.29, 0.717) is 22.6 Å². The smallest absolute Gasteiger partial charge is 0.322 e. The van der Waals surface area contributed by atoms with Crippen LogP contribution in [0.25, 0.3) is 11.5 Å². The Morgan fingerprint density at radius 1 is 1.00 bits per heavy atom. The number of nitrogens with one attached hydrogen (secondary N) is 1. The molecule has 1 saturated heterocycles. The van der Waals surface area contributed by atoms with Gasteiger partial charge < -0.3 is 9.15 Å². The molecule has 2 aromatic carbocycles. The molecule has 0 radical (unpaired) electrons. The summed E-state index contributed by atoms with van der Waals surface area (Å²) in [5, 5.41) is 10.3. The van der Waals surface area contributed by atoms with Gasteiger partial charge in [0.15, 0.2) is 0 Å². The predicted molar refractivity (Wildman–Crippen MR) is 102 cm³/mol. The lowest BCUT2D eigenvalue weighted by molar-refractivity contribution is -0.121. The molecule has 1 N–H and O–H groups in total. The van der Waals surface area contributed by atoms with Gasteiger partial charge in [0.2, 0.25) is 17.7 Å². The fraction of sp³-hybridized carbons (Fsp3) is 0.150. The second-order valence-corrected chi connectivity index (χ2v) is 6.26. The van der Waals surface area contributed by atoms with Crippen molar-refractivity contribution in [3.8, 4) is 17.2 Å². The molecule has 0 bridgehead atoms. The van der Waals surface area contributed by atoms with E-state index in [1.54, 1.807) is 43.5 Å². The Bertz CT molecular complexity index is 1060. The number of carbonyl (C=O) groups excluding carboxylic acids is 3. The predicted octanol–water partition coefficient (Wildman–Crippen LogP) is 2.65. The molecule has 0 spiro atoms. The molecule has 9 nitrogen and oxygen atoms in total. The zero-order valence-corrected chi connectivity index (χ0v) is 15.4. The number of ether oxygens (including phenoxy) is 1. The standard InChI is InChI=1S/C20H16N4O5/c1-28-15-8-4-13(5-9-15)19-22-23-20(29-19)21-18(27)12-2-6-14(7-3-12)24-16(25)10-11-17(24)26/h2-9H,10-11H2,1H3,(H,21,23,27). The third-order valence-electron chi connectivity index (χ3n) is 4.42. The minimum absolute atomic E-state index is 0.0465. The van der Waals surface area contributed by atoms with Gasteiger partial charge in [0.1, 0.15) is 5.75 Å². The summed E-state index contributed by atoms with van der Waals surface area (Å²) in [6.45, 7) is 0. The van der Waals surface area contributed by atoms with Crippen LogP contribution in [0, 0.1) is 0 Å². The number of amides is 3. The monoisotopic (exact) mass is 392 g/mol. The van der Waals surface area contributed by atoms with Crippen LogP contribution in [0.3, 0.4) is 0 Å². The van der Waals surface area contributed by atoms with Crippen LogP contribution >= 0.6 is 0 Å². The van der Waals surface area contributed by atoms with Crippen molar-refractivity contribution in [3.05, 3.63) is 54.1 Å². The van der Waals surface area contributed by atoms with Crippen molar-refractivity contribution < 1.29 is 23.5 Å². The Morgan fingerprint density at radius 3 is 2.28 bits per heavy atom. The zero-order chi connectivity index (χ0) is 20.4. The van der Waals surface area contributed by atoms with E-state index in [4.69, 9.17) is 9.15 Å². The molecule has 0 atom stereocenters. The number of rotatable bonds is 5. The number of anilines is 2. The first-order chi connectivity index (χ1) is 14.0. The average molecular weight is 392 g/mol. The largest absolute Gasteiger partial charge is 0.497 e. The fourth-order valence-electron chi connectivity index (χ4n) is 2.92. The van der Waals surface area contributed by atoms with Crippen molar-refractivity contribution in [2.45, 2.75) is 12.8 Å². The molecule has 0 saturated carbocycles. The molecule has 1 aliphatic heterocycles. The van der Waals surface area contributed by atoms with Crippen LogP contribution in [0.15, 0.2) is 52.9 Å². The molecule has 29 heavy (non-hydrogen) atoms. The van der Waals surface area contributed by atoms with Gasteiger partial charge in [-0.15, -0.1) is 5.10 Å². The number of benzene rings is 2. The van der Waals surface area contributed by atoms with Gasteiger partial charge in [-0.3, -0.25) is 24.6 Å².